The molecule has 2 atom stereocenters. The fourth-order valence-corrected chi connectivity index (χ4v) is 3.99. The maximum absolute atomic E-state index is 5.40. The number of anilines is 2. The van der Waals surface area contributed by atoms with Gasteiger partial charge >= 0.3 is 0 Å². The number of piperidine rings is 1. The quantitative estimate of drug-likeness (QED) is 0.773. The van der Waals surface area contributed by atoms with Crippen molar-refractivity contribution in [2.45, 2.75) is 18.9 Å². The van der Waals surface area contributed by atoms with E-state index in [0.29, 0.717) is 35.5 Å². The van der Waals surface area contributed by atoms with Crippen LogP contribution in [-0.2, 0) is 0 Å². The Balaban J connectivity index is 1.61. The summed E-state index contributed by atoms with van der Waals surface area (Å²) in [5.74, 6) is 3.60. The van der Waals surface area contributed by atoms with Gasteiger partial charge in [0.15, 0.2) is 5.82 Å². The highest BCUT2D eigenvalue weighted by Gasteiger charge is 2.40. The standard InChI is InChI=1S/C18H24N6O3/c1-25-14-10-15(26-2)22-18(21-14)24-9-5-12-4-8-23(11-13(12)24)16-17(27-3)20-7-6-19-16/h6-7,10,12-13H,4-5,8-9,11H2,1-3H3. The van der Waals surface area contributed by atoms with Crippen molar-refractivity contribution in [2.75, 3.05) is 50.8 Å². The van der Waals surface area contributed by atoms with Gasteiger partial charge in [0.1, 0.15) is 0 Å². The normalized spacial score (nSPS) is 21.7. The van der Waals surface area contributed by atoms with Crippen molar-refractivity contribution in [3.05, 3.63) is 18.5 Å². The van der Waals surface area contributed by atoms with E-state index in [1.165, 1.54) is 0 Å². The summed E-state index contributed by atoms with van der Waals surface area (Å²) in [7, 11) is 4.82. The van der Waals surface area contributed by atoms with Crippen molar-refractivity contribution >= 4 is 11.8 Å². The average Bonchev–Trinajstić information content (AvgIpc) is 3.16. The summed E-state index contributed by atoms with van der Waals surface area (Å²) in [6.45, 7) is 2.67. The average molecular weight is 372 g/mol. The number of nitrogens with zero attached hydrogens (tertiary/aromatic N) is 6. The molecule has 2 aliphatic rings. The molecule has 0 aliphatic carbocycles. The lowest BCUT2D eigenvalue weighted by Crippen LogP contribution is -2.49. The molecule has 4 heterocycles. The second-order valence-corrected chi connectivity index (χ2v) is 6.69. The summed E-state index contributed by atoms with van der Waals surface area (Å²) in [5.41, 5.74) is 0. The summed E-state index contributed by atoms with van der Waals surface area (Å²) in [5, 5.41) is 0. The Morgan fingerprint density at radius 2 is 1.63 bits per heavy atom. The number of hydrogen-bond donors (Lipinski definition) is 0. The molecule has 0 saturated carbocycles. The van der Waals surface area contributed by atoms with Crippen molar-refractivity contribution in [1.29, 1.82) is 0 Å². The van der Waals surface area contributed by atoms with Gasteiger partial charge < -0.3 is 24.0 Å². The maximum Gasteiger partial charge on any atom is 0.257 e. The van der Waals surface area contributed by atoms with Crippen molar-refractivity contribution in [3.63, 3.8) is 0 Å². The molecule has 0 radical (unpaired) electrons. The first-order valence-electron chi connectivity index (χ1n) is 9.07. The van der Waals surface area contributed by atoms with E-state index >= 15 is 0 Å². The molecule has 0 spiro atoms. The number of rotatable bonds is 5. The van der Waals surface area contributed by atoms with Gasteiger partial charge in [0.2, 0.25) is 17.7 Å². The van der Waals surface area contributed by atoms with Gasteiger partial charge in [0.05, 0.1) is 33.4 Å². The molecule has 0 amide bonds. The Morgan fingerprint density at radius 1 is 0.926 bits per heavy atom. The van der Waals surface area contributed by atoms with E-state index in [1.54, 1.807) is 39.8 Å². The molecular weight excluding hydrogens is 348 g/mol. The highest BCUT2D eigenvalue weighted by Crippen LogP contribution is 2.37. The van der Waals surface area contributed by atoms with Crippen molar-refractivity contribution < 1.29 is 14.2 Å². The minimum atomic E-state index is 0.294. The molecule has 2 aromatic rings. The van der Waals surface area contributed by atoms with Crippen LogP contribution in [0.4, 0.5) is 11.8 Å². The van der Waals surface area contributed by atoms with Crippen LogP contribution in [0.25, 0.3) is 0 Å². The lowest BCUT2D eigenvalue weighted by atomic mass is 9.92. The first kappa shape index (κ1) is 17.6. The number of methoxy groups -OCH3 is 3. The van der Waals surface area contributed by atoms with Gasteiger partial charge in [0, 0.05) is 32.0 Å². The van der Waals surface area contributed by atoms with Crippen molar-refractivity contribution in [2.24, 2.45) is 5.92 Å². The van der Waals surface area contributed by atoms with E-state index in [4.69, 9.17) is 14.2 Å². The lowest BCUT2D eigenvalue weighted by Gasteiger charge is -2.39. The van der Waals surface area contributed by atoms with E-state index in [2.05, 4.69) is 29.7 Å². The third-order valence-electron chi connectivity index (χ3n) is 5.34. The van der Waals surface area contributed by atoms with Crippen LogP contribution < -0.4 is 24.0 Å². The highest BCUT2D eigenvalue weighted by molar-refractivity contribution is 5.50. The van der Waals surface area contributed by atoms with E-state index in [9.17, 15) is 0 Å². The molecule has 9 heteroatoms. The molecule has 0 N–H and O–H groups in total. The molecule has 9 nitrogen and oxygen atoms in total. The SMILES string of the molecule is COc1cc(OC)nc(N2CCC3CCN(c4nccnc4OC)CC32)n1. The maximum atomic E-state index is 5.40. The Hall–Kier alpha value is -2.84. The Bertz CT molecular complexity index is 782. The lowest BCUT2D eigenvalue weighted by molar-refractivity contribution is 0.363. The fraction of sp³-hybridized carbons (Fsp3) is 0.556. The summed E-state index contributed by atoms with van der Waals surface area (Å²) < 4.78 is 16.0. The molecule has 2 aliphatic heterocycles. The molecule has 27 heavy (non-hydrogen) atoms. The van der Waals surface area contributed by atoms with Crippen molar-refractivity contribution in [3.8, 4) is 17.6 Å². The third kappa shape index (κ3) is 3.29. The van der Waals surface area contributed by atoms with E-state index in [0.717, 1.165) is 38.3 Å². The highest BCUT2D eigenvalue weighted by atomic mass is 16.5. The molecule has 2 saturated heterocycles. The van der Waals surface area contributed by atoms with Crippen LogP contribution in [0.3, 0.4) is 0 Å². The summed E-state index contributed by atoms with van der Waals surface area (Å²) in [6.07, 6.45) is 5.56. The van der Waals surface area contributed by atoms with Crippen molar-refractivity contribution in [1.82, 2.24) is 19.9 Å². The molecule has 2 fully saturated rings. The predicted octanol–water partition coefficient (Wildman–Crippen LogP) is 1.40. The minimum Gasteiger partial charge on any atom is -0.481 e. The van der Waals surface area contributed by atoms with Crippen LogP contribution in [0.5, 0.6) is 17.6 Å². The van der Waals surface area contributed by atoms with Gasteiger partial charge in [-0.3, -0.25) is 0 Å². The summed E-state index contributed by atoms with van der Waals surface area (Å²) in [4.78, 5) is 22.4. The van der Waals surface area contributed by atoms with E-state index in [-0.39, 0.29) is 0 Å². The number of ether oxygens (including phenoxy) is 3. The molecule has 4 rings (SSSR count). The molecule has 2 unspecified atom stereocenters. The summed E-state index contributed by atoms with van der Waals surface area (Å²) in [6, 6.07) is 1.98. The zero-order valence-corrected chi connectivity index (χ0v) is 15.8. The molecule has 2 aromatic heterocycles. The Labute approximate surface area is 158 Å². The Morgan fingerprint density at radius 3 is 2.33 bits per heavy atom. The second-order valence-electron chi connectivity index (χ2n) is 6.69. The minimum absolute atomic E-state index is 0.294. The van der Waals surface area contributed by atoms with E-state index < -0.39 is 0 Å². The molecule has 0 bridgehead atoms. The molecular formula is C18H24N6O3. The third-order valence-corrected chi connectivity index (χ3v) is 5.34. The van der Waals surface area contributed by atoms with Crippen LogP contribution in [0, 0.1) is 5.92 Å². The van der Waals surface area contributed by atoms with Gasteiger partial charge in [0.25, 0.3) is 5.88 Å². The van der Waals surface area contributed by atoms with Gasteiger partial charge in [-0.1, -0.05) is 0 Å². The van der Waals surface area contributed by atoms with Crippen LogP contribution in [0.15, 0.2) is 18.5 Å². The van der Waals surface area contributed by atoms with Crippen LogP contribution in [-0.4, -0.2) is 66.9 Å². The van der Waals surface area contributed by atoms with Gasteiger partial charge in [-0.15, -0.1) is 0 Å². The van der Waals surface area contributed by atoms with E-state index in [1.807, 2.05) is 0 Å². The Kier molecular flexibility index (Phi) is 4.83. The number of aromatic nitrogens is 4. The van der Waals surface area contributed by atoms with Crippen LogP contribution in [0.2, 0.25) is 0 Å². The number of hydrogen-bond acceptors (Lipinski definition) is 9. The second kappa shape index (κ2) is 7.42. The first-order chi connectivity index (χ1) is 13.2. The molecule has 0 aromatic carbocycles. The zero-order chi connectivity index (χ0) is 18.8. The van der Waals surface area contributed by atoms with Crippen LogP contribution in [0.1, 0.15) is 12.8 Å². The van der Waals surface area contributed by atoms with Gasteiger partial charge in [-0.2, -0.15) is 9.97 Å². The van der Waals surface area contributed by atoms with Crippen LogP contribution >= 0.6 is 0 Å². The smallest absolute Gasteiger partial charge is 0.257 e. The predicted molar refractivity (Wildman–Crippen MR) is 99.8 cm³/mol. The topological polar surface area (TPSA) is 85.7 Å². The van der Waals surface area contributed by atoms with Gasteiger partial charge in [-0.05, 0) is 18.8 Å². The first-order valence-corrected chi connectivity index (χ1v) is 9.07. The monoisotopic (exact) mass is 372 g/mol. The number of fused-ring (bicyclic) bond motifs is 1. The van der Waals surface area contributed by atoms with Gasteiger partial charge in [-0.25, -0.2) is 9.97 Å². The molecule has 144 valence electrons. The fourth-order valence-electron chi connectivity index (χ4n) is 3.99. The largest absolute Gasteiger partial charge is 0.481 e. The zero-order valence-electron chi connectivity index (χ0n) is 15.8. The summed E-state index contributed by atoms with van der Waals surface area (Å²) >= 11 is 0.